The molecular formula is C55H43IrN4O. The van der Waals surface area contributed by atoms with Gasteiger partial charge in [-0.15, -0.1) is 90.0 Å². The maximum Gasteiger partial charge on any atom is 3.00 e. The quantitative estimate of drug-likeness (QED) is 0.108. The number of benzene rings is 5. The molecule has 0 atom stereocenters. The van der Waals surface area contributed by atoms with E-state index in [9.17, 15) is 21.7 Å². The molecule has 298 valence electrons. The van der Waals surface area contributed by atoms with Crippen LogP contribution in [0.25, 0.3) is 55.7 Å². The summed E-state index contributed by atoms with van der Waals surface area (Å²) in [4.78, 5) is 13.4. The Balaban J connectivity index is 0.00000711. The van der Waals surface area contributed by atoms with Crippen LogP contribution < -0.4 is 0 Å². The molecule has 9 rings (SSSR count). The molecule has 0 aliphatic heterocycles. The van der Waals surface area contributed by atoms with Crippen molar-refractivity contribution in [3.63, 3.8) is 0 Å². The number of aryl methyl sites for hydroxylation is 6. The number of nitrogens with zero attached hydrogens (tertiary/aromatic N) is 4. The molecule has 9 aromatic rings. The SMILES string of the molecule is [2H]C([2H])(c1ccc(-c2[c-]cccc2)nc1)C([2H])([2H])c1cc(C([2H])([2H])C([2H])([2H])c2ccc(-c3[c-]cccc3)nc2)cc(C([2H])([2H])C([2H])([2H])c2cnc(-c3[c-]ccc4c3oc3cc(C#N)ccc34)cc2C(C)C)c1.[Ir+3]. The van der Waals surface area contributed by atoms with Crippen LogP contribution in [-0.2, 0) is 58.3 Å². The Morgan fingerprint density at radius 3 is 1.72 bits per heavy atom. The number of hydrogen-bond acceptors (Lipinski definition) is 5. The Morgan fingerprint density at radius 2 is 1.18 bits per heavy atom. The first-order chi connectivity index (χ1) is 34.0. The Labute approximate surface area is 388 Å². The Bertz CT molecular complexity index is 3400. The maximum absolute atomic E-state index is 9.68. The van der Waals surface area contributed by atoms with E-state index in [2.05, 4.69) is 39.2 Å². The van der Waals surface area contributed by atoms with Crippen LogP contribution in [0.5, 0.6) is 0 Å². The van der Waals surface area contributed by atoms with Gasteiger partial charge >= 0.3 is 20.1 Å². The minimum absolute atomic E-state index is 0. The number of hydrogen-bond donors (Lipinski definition) is 0. The van der Waals surface area contributed by atoms with E-state index in [4.69, 9.17) is 4.42 Å². The first-order valence-electron chi connectivity index (χ1n) is 25.3. The predicted molar refractivity (Wildman–Crippen MR) is 240 cm³/mol. The molecule has 0 saturated heterocycles. The molecular weight excluding hydrogens is 925 g/mol. The van der Waals surface area contributed by atoms with E-state index in [1.54, 1.807) is 92.7 Å². The fraction of sp³-hybridized carbons (Fsp3) is 0.164. The molecule has 6 heteroatoms. The van der Waals surface area contributed by atoms with Crippen molar-refractivity contribution in [2.75, 3.05) is 0 Å². The second-order valence-corrected chi connectivity index (χ2v) is 14.3. The second-order valence-electron chi connectivity index (χ2n) is 14.3. The summed E-state index contributed by atoms with van der Waals surface area (Å²) in [6, 6.07) is 44.3. The molecule has 0 unspecified atom stereocenters. The Kier molecular flexibility index (Phi) is 8.91. The minimum Gasteiger partial charge on any atom is -0.501 e. The molecule has 0 radical (unpaired) electrons. The molecule has 0 aliphatic rings. The number of pyridine rings is 3. The van der Waals surface area contributed by atoms with Gasteiger partial charge in [-0.25, -0.2) is 0 Å². The van der Waals surface area contributed by atoms with E-state index in [0.717, 1.165) is 29.0 Å². The van der Waals surface area contributed by atoms with E-state index < -0.39 is 60.8 Å². The monoisotopic (exact) mass is 980 g/mol. The van der Waals surface area contributed by atoms with Crippen molar-refractivity contribution in [3.05, 3.63) is 209 Å². The van der Waals surface area contributed by atoms with Gasteiger partial charge in [0.15, 0.2) is 0 Å². The van der Waals surface area contributed by atoms with E-state index in [1.807, 2.05) is 6.07 Å². The van der Waals surface area contributed by atoms with Crippen LogP contribution >= 0.6 is 0 Å². The van der Waals surface area contributed by atoms with Gasteiger partial charge in [-0.2, -0.15) is 5.26 Å². The molecule has 0 bridgehead atoms. The second kappa shape index (κ2) is 18.8. The predicted octanol–water partition coefficient (Wildman–Crippen LogP) is 12.5. The minimum atomic E-state index is -3.15. The number of fused-ring (bicyclic) bond motifs is 3. The molecule has 0 N–H and O–H groups in total. The fourth-order valence-electron chi connectivity index (χ4n) is 6.82. The van der Waals surface area contributed by atoms with Crippen LogP contribution in [0.15, 0.2) is 150 Å². The maximum atomic E-state index is 9.68. The summed E-state index contributed by atoms with van der Waals surface area (Å²) in [6.45, 7) is 3.60. The van der Waals surface area contributed by atoms with Crippen LogP contribution in [-0.4, -0.2) is 15.0 Å². The van der Waals surface area contributed by atoms with Crippen molar-refractivity contribution in [3.8, 4) is 39.8 Å². The van der Waals surface area contributed by atoms with E-state index in [1.165, 1.54) is 42.9 Å². The van der Waals surface area contributed by atoms with Crippen molar-refractivity contribution in [1.82, 2.24) is 15.0 Å². The third kappa shape index (κ3) is 9.45. The average Bonchev–Trinajstić information content (AvgIpc) is 3.77. The number of furan rings is 1. The summed E-state index contributed by atoms with van der Waals surface area (Å²) in [6.07, 6.45) is -14.6. The normalized spacial score (nSPS) is 15.5. The van der Waals surface area contributed by atoms with E-state index in [-0.39, 0.29) is 36.8 Å². The van der Waals surface area contributed by atoms with Crippen molar-refractivity contribution in [1.29, 1.82) is 5.26 Å². The van der Waals surface area contributed by atoms with Gasteiger partial charge in [-0.05, 0) is 112 Å². The van der Waals surface area contributed by atoms with Crippen LogP contribution in [0.4, 0.5) is 0 Å². The molecule has 5 aromatic carbocycles. The van der Waals surface area contributed by atoms with Gasteiger partial charge in [0.05, 0.1) is 17.2 Å². The van der Waals surface area contributed by atoms with Gasteiger partial charge in [-0.3, -0.25) is 0 Å². The zero-order valence-electron chi connectivity index (χ0n) is 45.0. The summed E-state index contributed by atoms with van der Waals surface area (Å²) < 4.78 is 120. The van der Waals surface area contributed by atoms with E-state index in [0.29, 0.717) is 56.1 Å². The van der Waals surface area contributed by atoms with Gasteiger partial charge in [0, 0.05) is 40.4 Å². The van der Waals surface area contributed by atoms with Crippen LogP contribution in [0, 0.1) is 29.5 Å². The van der Waals surface area contributed by atoms with Crippen LogP contribution in [0.1, 0.15) is 80.7 Å². The zero-order chi connectivity index (χ0) is 51.6. The summed E-state index contributed by atoms with van der Waals surface area (Å²) in [7, 11) is 0. The van der Waals surface area contributed by atoms with Gasteiger partial charge in [-0.1, -0.05) is 79.4 Å². The first kappa shape index (κ1) is 28.9. The molecule has 0 fully saturated rings. The Morgan fingerprint density at radius 1 is 0.590 bits per heavy atom. The molecule has 61 heavy (non-hydrogen) atoms. The first-order valence-corrected chi connectivity index (χ1v) is 19.3. The Hall–Kier alpha value is -6.51. The van der Waals surface area contributed by atoms with Gasteiger partial charge < -0.3 is 19.4 Å². The van der Waals surface area contributed by atoms with Crippen molar-refractivity contribution < 1.29 is 41.0 Å². The molecule has 4 aromatic heterocycles. The van der Waals surface area contributed by atoms with Crippen molar-refractivity contribution in [2.24, 2.45) is 0 Å². The summed E-state index contributed by atoms with van der Waals surface area (Å²) >= 11 is 0. The number of aromatic nitrogens is 3. The molecule has 5 nitrogen and oxygen atoms in total. The van der Waals surface area contributed by atoms with E-state index >= 15 is 0 Å². The standard InChI is InChI=1S/C55H43N4O.Ir/c1-37(2)50-32-53(49-15-9-14-48-47-25-21-43(33-56)31-54(47)60-55(48)49)59-36-46(50)24-20-42-29-40(18-16-38-22-26-51(57-34-38)44-10-5-3-6-11-44)28-41(30-42)19-17-39-23-27-52(58-35-39)45-12-7-4-8-13-45;/h3-10,12,14,21-23,25-32,34-37H,16-20,24H2,1-2H3;/q-3;+3/i16D2,17D2,18D2,19D2,20D2,24D2;. The smallest absolute Gasteiger partial charge is 0.501 e. The average molecular weight is 980 g/mol. The molecule has 4 heterocycles. The van der Waals surface area contributed by atoms with Crippen LogP contribution in [0.3, 0.4) is 0 Å². The summed E-state index contributed by atoms with van der Waals surface area (Å²) in [5.41, 5.74) is 2.23. The fourth-order valence-corrected chi connectivity index (χ4v) is 6.82. The van der Waals surface area contributed by atoms with Gasteiger partial charge in [0.1, 0.15) is 5.58 Å². The van der Waals surface area contributed by atoms with Crippen molar-refractivity contribution >= 4 is 21.9 Å². The molecule has 0 spiro atoms. The largest absolute Gasteiger partial charge is 3.00 e. The van der Waals surface area contributed by atoms with Crippen LogP contribution in [0.2, 0.25) is 0 Å². The van der Waals surface area contributed by atoms with Gasteiger partial charge in [0.25, 0.3) is 0 Å². The molecule has 0 saturated carbocycles. The number of nitriles is 1. The summed E-state index contributed by atoms with van der Waals surface area (Å²) in [5, 5.41) is 11.0. The van der Waals surface area contributed by atoms with Gasteiger partial charge in [0.2, 0.25) is 0 Å². The molecule has 0 amide bonds. The van der Waals surface area contributed by atoms with Crippen molar-refractivity contribution in [2.45, 2.75) is 58.0 Å². The third-order valence-electron chi connectivity index (χ3n) is 9.85. The topological polar surface area (TPSA) is 75.6 Å². The summed E-state index contributed by atoms with van der Waals surface area (Å²) in [5.74, 6) is -0.426. The number of rotatable bonds is 13. The third-order valence-corrected chi connectivity index (χ3v) is 9.85. The molecule has 0 aliphatic carbocycles. The zero-order valence-corrected chi connectivity index (χ0v) is 35.4.